The van der Waals surface area contributed by atoms with Gasteiger partial charge in [-0.25, -0.2) is 4.98 Å². The van der Waals surface area contributed by atoms with E-state index in [4.69, 9.17) is 4.74 Å². The smallest absolute Gasteiger partial charge is 0.254 e. The van der Waals surface area contributed by atoms with Crippen LogP contribution in [0, 0.1) is 6.92 Å². The predicted molar refractivity (Wildman–Crippen MR) is 87.6 cm³/mol. The van der Waals surface area contributed by atoms with Crippen molar-refractivity contribution in [2.75, 3.05) is 26.2 Å². The van der Waals surface area contributed by atoms with Crippen molar-refractivity contribution in [2.24, 2.45) is 0 Å². The maximum Gasteiger partial charge on any atom is 0.254 e. The number of H-pyrrole nitrogens is 1. The fraction of sp³-hybridized carbons (Fsp3) is 0.412. The van der Waals surface area contributed by atoms with E-state index in [0.29, 0.717) is 43.5 Å². The van der Waals surface area contributed by atoms with Gasteiger partial charge in [0, 0.05) is 18.7 Å². The summed E-state index contributed by atoms with van der Waals surface area (Å²) in [6.07, 6.45) is -0.339. The Kier molecular flexibility index (Phi) is 3.96. The number of benzene rings is 1. The van der Waals surface area contributed by atoms with Gasteiger partial charge in [0.15, 0.2) is 5.82 Å². The standard InChI is InChI=1S/C17H19N5O3/c1-11-18-16(20-19-11)14-9-21(6-7-25-14)15(23)10-22-8-12-4-2-3-5-13(12)17(22)24/h2-5,14H,6-10H2,1H3,(H,18,19,20)/t14-/m0/s1. The molecule has 0 unspecified atom stereocenters. The summed E-state index contributed by atoms with van der Waals surface area (Å²) in [5.74, 6) is 1.10. The first-order chi connectivity index (χ1) is 12.1. The van der Waals surface area contributed by atoms with Crippen LogP contribution in [-0.4, -0.2) is 63.0 Å². The summed E-state index contributed by atoms with van der Waals surface area (Å²) in [5, 5.41) is 6.90. The monoisotopic (exact) mass is 341 g/mol. The van der Waals surface area contributed by atoms with Gasteiger partial charge in [-0.3, -0.25) is 14.7 Å². The molecule has 2 aliphatic rings. The van der Waals surface area contributed by atoms with Crippen molar-refractivity contribution in [1.82, 2.24) is 25.0 Å². The third kappa shape index (κ3) is 3.00. The molecule has 8 nitrogen and oxygen atoms in total. The number of aryl methyl sites for hydroxylation is 1. The molecule has 0 aliphatic carbocycles. The number of hydrogen-bond acceptors (Lipinski definition) is 5. The van der Waals surface area contributed by atoms with Gasteiger partial charge in [-0.05, 0) is 18.6 Å². The van der Waals surface area contributed by atoms with Gasteiger partial charge in [-0.1, -0.05) is 18.2 Å². The molecule has 0 bridgehead atoms. The predicted octanol–water partition coefficient (Wildman–Crippen LogP) is 0.669. The second-order valence-electron chi connectivity index (χ2n) is 6.30. The van der Waals surface area contributed by atoms with Crippen molar-refractivity contribution >= 4 is 11.8 Å². The van der Waals surface area contributed by atoms with E-state index in [2.05, 4.69) is 15.2 Å². The summed E-state index contributed by atoms with van der Waals surface area (Å²) in [5.41, 5.74) is 1.66. The molecule has 2 aliphatic heterocycles. The van der Waals surface area contributed by atoms with E-state index in [9.17, 15) is 9.59 Å². The lowest BCUT2D eigenvalue weighted by molar-refractivity contribution is -0.140. The molecule has 8 heteroatoms. The van der Waals surface area contributed by atoms with Crippen molar-refractivity contribution < 1.29 is 14.3 Å². The van der Waals surface area contributed by atoms with Crippen molar-refractivity contribution in [3.63, 3.8) is 0 Å². The van der Waals surface area contributed by atoms with Crippen LogP contribution in [-0.2, 0) is 16.1 Å². The number of fused-ring (bicyclic) bond motifs is 1. The highest BCUT2D eigenvalue weighted by Gasteiger charge is 2.32. The number of ether oxygens (including phenoxy) is 1. The lowest BCUT2D eigenvalue weighted by atomic mass is 10.1. The van der Waals surface area contributed by atoms with Gasteiger partial charge < -0.3 is 14.5 Å². The van der Waals surface area contributed by atoms with Crippen LogP contribution in [0.1, 0.15) is 33.7 Å². The fourth-order valence-corrected chi connectivity index (χ4v) is 3.24. The first-order valence-electron chi connectivity index (χ1n) is 8.27. The number of hydrogen-bond donors (Lipinski definition) is 1. The molecule has 1 aromatic heterocycles. The number of aromatic amines is 1. The van der Waals surface area contributed by atoms with Gasteiger partial charge in [0.05, 0.1) is 13.2 Å². The lowest BCUT2D eigenvalue weighted by Crippen LogP contribution is -2.47. The van der Waals surface area contributed by atoms with E-state index < -0.39 is 0 Å². The zero-order valence-electron chi connectivity index (χ0n) is 13.9. The molecule has 1 aromatic carbocycles. The summed E-state index contributed by atoms with van der Waals surface area (Å²) in [6, 6.07) is 7.48. The number of rotatable bonds is 3. The normalized spacial score (nSPS) is 20.0. The van der Waals surface area contributed by atoms with Crippen LogP contribution in [0.15, 0.2) is 24.3 Å². The molecule has 1 atom stereocenters. The van der Waals surface area contributed by atoms with Gasteiger partial charge in [0.1, 0.15) is 18.5 Å². The maximum absolute atomic E-state index is 12.7. The Hall–Kier alpha value is -2.74. The topological polar surface area (TPSA) is 91.4 Å². The highest BCUT2D eigenvalue weighted by Crippen LogP contribution is 2.23. The molecular weight excluding hydrogens is 322 g/mol. The maximum atomic E-state index is 12.7. The van der Waals surface area contributed by atoms with Crippen LogP contribution in [0.3, 0.4) is 0 Å². The Balaban J connectivity index is 1.41. The van der Waals surface area contributed by atoms with E-state index >= 15 is 0 Å². The highest BCUT2D eigenvalue weighted by atomic mass is 16.5. The van der Waals surface area contributed by atoms with Crippen LogP contribution < -0.4 is 0 Å². The van der Waals surface area contributed by atoms with Crippen molar-refractivity contribution in [1.29, 1.82) is 0 Å². The second-order valence-corrected chi connectivity index (χ2v) is 6.30. The lowest BCUT2D eigenvalue weighted by Gasteiger charge is -2.32. The Morgan fingerprint density at radius 1 is 1.40 bits per heavy atom. The second kappa shape index (κ2) is 6.29. The molecule has 0 spiro atoms. The first-order valence-corrected chi connectivity index (χ1v) is 8.27. The Labute approximate surface area is 144 Å². The zero-order chi connectivity index (χ0) is 17.4. The van der Waals surface area contributed by atoms with Gasteiger partial charge in [0.2, 0.25) is 5.91 Å². The fourth-order valence-electron chi connectivity index (χ4n) is 3.24. The Bertz CT molecular complexity index is 818. The average Bonchev–Trinajstić information content (AvgIpc) is 3.20. The molecule has 2 amide bonds. The minimum Gasteiger partial charge on any atom is -0.366 e. The van der Waals surface area contributed by atoms with Gasteiger partial charge in [0.25, 0.3) is 5.91 Å². The third-order valence-corrected chi connectivity index (χ3v) is 4.54. The molecule has 0 saturated carbocycles. The quantitative estimate of drug-likeness (QED) is 0.886. The van der Waals surface area contributed by atoms with Crippen molar-refractivity contribution in [3.05, 3.63) is 47.0 Å². The van der Waals surface area contributed by atoms with E-state index in [1.807, 2.05) is 25.1 Å². The number of carbonyl (C=O) groups excluding carboxylic acids is 2. The average molecular weight is 341 g/mol. The molecule has 1 saturated heterocycles. The number of amides is 2. The molecule has 4 rings (SSSR count). The van der Waals surface area contributed by atoms with Gasteiger partial charge >= 0.3 is 0 Å². The zero-order valence-corrected chi connectivity index (χ0v) is 13.9. The molecule has 0 radical (unpaired) electrons. The number of nitrogens with one attached hydrogen (secondary N) is 1. The van der Waals surface area contributed by atoms with E-state index in [1.165, 1.54) is 0 Å². The van der Waals surface area contributed by atoms with Crippen molar-refractivity contribution in [2.45, 2.75) is 19.6 Å². The largest absolute Gasteiger partial charge is 0.366 e. The van der Waals surface area contributed by atoms with Crippen LogP contribution in [0.5, 0.6) is 0 Å². The summed E-state index contributed by atoms with van der Waals surface area (Å²) >= 11 is 0. The Morgan fingerprint density at radius 2 is 2.24 bits per heavy atom. The Morgan fingerprint density at radius 3 is 3.00 bits per heavy atom. The van der Waals surface area contributed by atoms with Crippen LogP contribution in [0.4, 0.5) is 0 Å². The highest BCUT2D eigenvalue weighted by molar-refractivity contribution is 6.00. The molecule has 25 heavy (non-hydrogen) atoms. The van der Waals surface area contributed by atoms with Crippen LogP contribution in [0.2, 0.25) is 0 Å². The molecule has 3 heterocycles. The van der Waals surface area contributed by atoms with Crippen LogP contribution >= 0.6 is 0 Å². The summed E-state index contributed by atoms with van der Waals surface area (Å²) in [4.78, 5) is 32.7. The van der Waals surface area contributed by atoms with E-state index in [0.717, 1.165) is 5.56 Å². The minimum absolute atomic E-state index is 0.0766. The molecule has 2 aromatic rings. The minimum atomic E-state index is -0.339. The SMILES string of the molecule is Cc1nc([C@@H]2CN(C(=O)CN3Cc4ccccc4C3=O)CCO2)n[nH]1. The number of aromatic nitrogens is 3. The summed E-state index contributed by atoms with van der Waals surface area (Å²) in [6.45, 7) is 3.71. The van der Waals surface area contributed by atoms with Crippen molar-refractivity contribution in [3.8, 4) is 0 Å². The number of carbonyl (C=O) groups is 2. The molecular formula is C17H19N5O3. The third-order valence-electron chi connectivity index (χ3n) is 4.54. The number of nitrogens with zero attached hydrogens (tertiary/aromatic N) is 4. The first kappa shape index (κ1) is 15.8. The molecule has 130 valence electrons. The van der Waals surface area contributed by atoms with Crippen LogP contribution in [0.25, 0.3) is 0 Å². The van der Waals surface area contributed by atoms with E-state index in [1.54, 1.807) is 15.9 Å². The van der Waals surface area contributed by atoms with Gasteiger partial charge in [-0.15, -0.1) is 0 Å². The molecule has 1 N–H and O–H groups in total. The molecule has 1 fully saturated rings. The number of morpholine rings is 1. The van der Waals surface area contributed by atoms with E-state index in [-0.39, 0.29) is 24.5 Å². The van der Waals surface area contributed by atoms with Gasteiger partial charge in [-0.2, -0.15) is 5.10 Å². The summed E-state index contributed by atoms with van der Waals surface area (Å²) in [7, 11) is 0. The summed E-state index contributed by atoms with van der Waals surface area (Å²) < 4.78 is 5.68.